The molecule has 0 aromatic heterocycles. The van der Waals surface area contributed by atoms with Crippen LogP contribution in [0.15, 0.2) is 18.2 Å². The van der Waals surface area contributed by atoms with Crippen molar-refractivity contribution in [2.24, 2.45) is 0 Å². The number of halogens is 1. The minimum Gasteiger partial charge on any atom is -0.506 e. The van der Waals surface area contributed by atoms with Gasteiger partial charge in [0.25, 0.3) is 0 Å². The molecule has 1 aromatic carbocycles. The Morgan fingerprint density at radius 2 is 2.24 bits per heavy atom. The molecule has 3 nitrogen and oxygen atoms in total. The van der Waals surface area contributed by atoms with Gasteiger partial charge in [-0.3, -0.25) is 4.90 Å². The molecule has 1 fully saturated rings. The molecule has 1 aliphatic rings. The Bertz CT molecular complexity index is 395. The summed E-state index contributed by atoms with van der Waals surface area (Å²) < 4.78 is 0. The van der Waals surface area contributed by atoms with E-state index in [1.807, 2.05) is 12.1 Å². The Morgan fingerprint density at radius 3 is 2.82 bits per heavy atom. The molecule has 1 saturated heterocycles. The monoisotopic (exact) mass is 254 g/mol. The third-order valence-corrected chi connectivity index (χ3v) is 3.70. The van der Waals surface area contributed by atoms with Crippen LogP contribution in [0.4, 0.5) is 0 Å². The Morgan fingerprint density at radius 1 is 1.47 bits per heavy atom. The number of likely N-dealkylation sites (N-methyl/N-ethyl adjacent to an activating group) is 1. The second-order valence-corrected chi connectivity index (χ2v) is 5.33. The van der Waals surface area contributed by atoms with Crippen molar-refractivity contribution in [3.8, 4) is 5.75 Å². The van der Waals surface area contributed by atoms with Crippen molar-refractivity contribution in [3.63, 3.8) is 0 Å². The van der Waals surface area contributed by atoms with E-state index in [-0.39, 0.29) is 5.75 Å². The molecular formula is C13H19ClN2O. The van der Waals surface area contributed by atoms with Crippen LogP contribution in [0.1, 0.15) is 12.0 Å². The van der Waals surface area contributed by atoms with E-state index in [0.29, 0.717) is 11.1 Å². The number of phenols is 1. The van der Waals surface area contributed by atoms with E-state index in [9.17, 15) is 5.11 Å². The van der Waals surface area contributed by atoms with Gasteiger partial charge >= 0.3 is 0 Å². The molecule has 1 N–H and O–H groups in total. The van der Waals surface area contributed by atoms with Crippen LogP contribution in [0, 0.1) is 0 Å². The summed E-state index contributed by atoms with van der Waals surface area (Å²) in [6.45, 7) is 3.14. The van der Waals surface area contributed by atoms with E-state index in [1.165, 1.54) is 6.42 Å². The average molecular weight is 255 g/mol. The predicted octanol–water partition coefficient (Wildman–Crippen LogP) is 2.18. The quantitative estimate of drug-likeness (QED) is 0.896. The van der Waals surface area contributed by atoms with E-state index in [4.69, 9.17) is 11.6 Å². The van der Waals surface area contributed by atoms with E-state index >= 15 is 0 Å². The maximum absolute atomic E-state index is 9.37. The van der Waals surface area contributed by atoms with Crippen molar-refractivity contribution < 1.29 is 5.11 Å². The second kappa shape index (κ2) is 5.25. The summed E-state index contributed by atoms with van der Waals surface area (Å²) in [7, 11) is 4.26. The Labute approximate surface area is 108 Å². The maximum Gasteiger partial charge on any atom is 0.134 e. The fraction of sp³-hybridized carbons (Fsp3) is 0.538. The number of likely N-dealkylation sites (tertiary alicyclic amines) is 1. The topological polar surface area (TPSA) is 26.7 Å². The zero-order chi connectivity index (χ0) is 12.4. The summed E-state index contributed by atoms with van der Waals surface area (Å²) in [5, 5.41) is 9.80. The van der Waals surface area contributed by atoms with Crippen molar-refractivity contribution in [1.82, 2.24) is 9.80 Å². The summed E-state index contributed by atoms with van der Waals surface area (Å²) in [6, 6.07) is 6.10. The standard InChI is InChI=1S/C13H19ClN2O/c1-15(2)11-5-6-16(9-11)8-10-3-4-13(17)12(14)7-10/h3-4,7,11,17H,5-6,8-9H2,1-2H3. The molecule has 94 valence electrons. The normalized spacial score (nSPS) is 21.3. The molecule has 1 atom stereocenters. The van der Waals surface area contributed by atoms with Gasteiger partial charge in [-0.1, -0.05) is 17.7 Å². The third kappa shape index (κ3) is 3.12. The summed E-state index contributed by atoms with van der Waals surface area (Å²) in [5.41, 5.74) is 1.16. The highest BCUT2D eigenvalue weighted by atomic mass is 35.5. The zero-order valence-electron chi connectivity index (χ0n) is 10.4. The number of rotatable bonds is 3. The van der Waals surface area contributed by atoms with Gasteiger partial charge in [0.1, 0.15) is 5.75 Å². The molecule has 1 aromatic rings. The average Bonchev–Trinajstić information content (AvgIpc) is 2.72. The van der Waals surface area contributed by atoms with Gasteiger partial charge in [-0.05, 0) is 38.2 Å². The highest BCUT2D eigenvalue weighted by molar-refractivity contribution is 6.32. The number of nitrogens with zero attached hydrogens (tertiary/aromatic N) is 2. The van der Waals surface area contributed by atoms with E-state index in [2.05, 4.69) is 23.9 Å². The number of hydrogen-bond donors (Lipinski definition) is 1. The minimum atomic E-state index is 0.156. The highest BCUT2D eigenvalue weighted by Crippen LogP contribution is 2.25. The van der Waals surface area contributed by atoms with Gasteiger partial charge in [-0.15, -0.1) is 0 Å². The first-order chi connectivity index (χ1) is 8.06. The molecule has 0 amide bonds. The SMILES string of the molecule is CN(C)C1CCN(Cc2ccc(O)c(Cl)c2)C1. The van der Waals surface area contributed by atoms with Crippen LogP contribution in [0.2, 0.25) is 5.02 Å². The van der Waals surface area contributed by atoms with Gasteiger partial charge in [0.2, 0.25) is 0 Å². The molecule has 1 unspecified atom stereocenters. The molecular weight excluding hydrogens is 236 g/mol. The second-order valence-electron chi connectivity index (χ2n) is 4.93. The Hall–Kier alpha value is -0.770. The molecule has 0 aliphatic carbocycles. The molecule has 0 spiro atoms. The van der Waals surface area contributed by atoms with Crippen LogP contribution in [-0.2, 0) is 6.54 Å². The minimum absolute atomic E-state index is 0.156. The molecule has 4 heteroatoms. The van der Waals surface area contributed by atoms with Crippen LogP contribution in [0.3, 0.4) is 0 Å². The molecule has 0 radical (unpaired) electrons. The first-order valence-corrected chi connectivity index (χ1v) is 6.30. The van der Waals surface area contributed by atoms with Gasteiger partial charge in [0.15, 0.2) is 0 Å². The van der Waals surface area contributed by atoms with Crippen LogP contribution < -0.4 is 0 Å². The zero-order valence-corrected chi connectivity index (χ0v) is 11.1. The van der Waals surface area contributed by atoms with E-state index in [0.717, 1.165) is 25.2 Å². The van der Waals surface area contributed by atoms with Crippen LogP contribution >= 0.6 is 11.6 Å². The highest BCUT2D eigenvalue weighted by Gasteiger charge is 2.23. The molecule has 0 bridgehead atoms. The van der Waals surface area contributed by atoms with Crippen molar-refractivity contribution in [2.75, 3.05) is 27.2 Å². The van der Waals surface area contributed by atoms with E-state index < -0.39 is 0 Å². The first-order valence-electron chi connectivity index (χ1n) is 5.92. The maximum atomic E-state index is 9.37. The largest absolute Gasteiger partial charge is 0.506 e. The van der Waals surface area contributed by atoms with Crippen LogP contribution in [-0.4, -0.2) is 48.1 Å². The summed E-state index contributed by atoms with van der Waals surface area (Å²) in [4.78, 5) is 4.71. The smallest absolute Gasteiger partial charge is 0.134 e. The molecule has 1 aliphatic heterocycles. The molecule has 2 rings (SSSR count). The lowest BCUT2D eigenvalue weighted by Gasteiger charge is -2.20. The van der Waals surface area contributed by atoms with Gasteiger partial charge in [-0.2, -0.15) is 0 Å². The Balaban J connectivity index is 1.96. The number of hydrogen-bond acceptors (Lipinski definition) is 3. The lowest BCUT2D eigenvalue weighted by molar-refractivity contribution is 0.264. The number of benzene rings is 1. The summed E-state index contributed by atoms with van der Waals surface area (Å²) >= 11 is 5.90. The lowest BCUT2D eigenvalue weighted by Crippen LogP contribution is -2.31. The Kier molecular flexibility index (Phi) is 3.92. The fourth-order valence-electron chi connectivity index (χ4n) is 2.28. The van der Waals surface area contributed by atoms with Gasteiger partial charge in [0, 0.05) is 25.7 Å². The van der Waals surface area contributed by atoms with Crippen molar-refractivity contribution >= 4 is 11.6 Å². The van der Waals surface area contributed by atoms with Gasteiger partial charge in [-0.25, -0.2) is 0 Å². The van der Waals surface area contributed by atoms with Crippen LogP contribution in [0.25, 0.3) is 0 Å². The van der Waals surface area contributed by atoms with E-state index in [1.54, 1.807) is 6.07 Å². The number of phenolic OH excluding ortho intramolecular Hbond substituents is 1. The summed E-state index contributed by atoms with van der Waals surface area (Å²) in [6.07, 6.45) is 1.22. The summed E-state index contributed by atoms with van der Waals surface area (Å²) in [5.74, 6) is 0.156. The molecule has 0 saturated carbocycles. The van der Waals surface area contributed by atoms with Crippen molar-refractivity contribution in [2.45, 2.75) is 19.0 Å². The third-order valence-electron chi connectivity index (χ3n) is 3.40. The first kappa shape index (κ1) is 12.7. The van der Waals surface area contributed by atoms with Crippen molar-refractivity contribution in [1.29, 1.82) is 0 Å². The van der Waals surface area contributed by atoms with Gasteiger partial charge in [0.05, 0.1) is 5.02 Å². The number of aromatic hydroxyl groups is 1. The predicted molar refractivity (Wildman–Crippen MR) is 70.5 cm³/mol. The van der Waals surface area contributed by atoms with Gasteiger partial charge < -0.3 is 10.0 Å². The fourth-order valence-corrected chi connectivity index (χ4v) is 2.49. The van der Waals surface area contributed by atoms with Crippen LogP contribution in [0.5, 0.6) is 5.75 Å². The molecule has 17 heavy (non-hydrogen) atoms. The van der Waals surface area contributed by atoms with Crippen molar-refractivity contribution in [3.05, 3.63) is 28.8 Å². The lowest BCUT2D eigenvalue weighted by atomic mass is 10.2. The molecule has 1 heterocycles.